The van der Waals surface area contributed by atoms with Crippen molar-refractivity contribution in [2.45, 2.75) is 38.3 Å². The number of hydrogen-bond donors (Lipinski definition) is 2. The molecule has 1 unspecified atom stereocenters. The maximum atomic E-state index is 11.9. The highest BCUT2D eigenvalue weighted by molar-refractivity contribution is 5.83. The zero-order valence-corrected chi connectivity index (χ0v) is 11.0. The third-order valence-electron chi connectivity index (χ3n) is 2.89. The molecule has 1 saturated heterocycles. The molecule has 2 atom stereocenters. The van der Waals surface area contributed by atoms with Gasteiger partial charge in [0.15, 0.2) is 0 Å². The number of esters is 1. The van der Waals surface area contributed by atoms with Gasteiger partial charge in [0.1, 0.15) is 0 Å². The van der Waals surface area contributed by atoms with Crippen molar-refractivity contribution >= 4 is 11.9 Å². The normalized spacial score (nSPS) is 20.4. The van der Waals surface area contributed by atoms with Gasteiger partial charge in [0.2, 0.25) is 5.91 Å². The lowest BCUT2D eigenvalue weighted by molar-refractivity contribution is -0.141. The zero-order chi connectivity index (χ0) is 13.4. The minimum Gasteiger partial charge on any atom is -0.469 e. The molecule has 1 rings (SSSR count). The zero-order valence-electron chi connectivity index (χ0n) is 11.0. The Kier molecular flexibility index (Phi) is 6.67. The number of methoxy groups -OCH3 is 1. The fourth-order valence-electron chi connectivity index (χ4n) is 1.91. The maximum absolute atomic E-state index is 11.9. The first-order valence-electron chi connectivity index (χ1n) is 6.35. The molecule has 0 aromatic carbocycles. The van der Waals surface area contributed by atoms with Gasteiger partial charge in [-0.2, -0.15) is 0 Å². The Morgan fingerprint density at radius 1 is 1.50 bits per heavy atom. The average molecular weight is 258 g/mol. The molecule has 104 valence electrons. The van der Waals surface area contributed by atoms with E-state index in [0.717, 1.165) is 19.4 Å². The third-order valence-corrected chi connectivity index (χ3v) is 2.89. The van der Waals surface area contributed by atoms with E-state index in [-0.39, 0.29) is 30.4 Å². The van der Waals surface area contributed by atoms with Gasteiger partial charge in [0, 0.05) is 6.61 Å². The molecule has 0 saturated carbocycles. The molecular formula is C12H22N2O4. The first-order valence-corrected chi connectivity index (χ1v) is 6.35. The van der Waals surface area contributed by atoms with E-state index in [2.05, 4.69) is 15.4 Å². The van der Waals surface area contributed by atoms with Crippen molar-refractivity contribution in [2.24, 2.45) is 0 Å². The molecule has 0 radical (unpaired) electrons. The van der Waals surface area contributed by atoms with Crippen LogP contribution in [0, 0.1) is 0 Å². The van der Waals surface area contributed by atoms with E-state index in [1.54, 1.807) is 0 Å². The summed E-state index contributed by atoms with van der Waals surface area (Å²) in [6.45, 7) is 3.61. The maximum Gasteiger partial charge on any atom is 0.307 e. The molecular weight excluding hydrogens is 236 g/mol. The molecule has 1 fully saturated rings. The van der Waals surface area contributed by atoms with Crippen LogP contribution in [0.3, 0.4) is 0 Å². The van der Waals surface area contributed by atoms with Crippen LogP contribution in [0.2, 0.25) is 0 Å². The number of rotatable bonds is 7. The molecule has 2 N–H and O–H groups in total. The first kappa shape index (κ1) is 14.9. The minimum absolute atomic E-state index is 0.0684. The van der Waals surface area contributed by atoms with Crippen LogP contribution in [0.25, 0.3) is 0 Å². The summed E-state index contributed by atoms with van der Waals surface area (Å²) in [6, 6.07) is -0.473. The number of hydrogen-bond acceptors (Lipinski definition) is 5. The van der Waals surface area contributed by atoms with Crippen molar-refractivity contribution in [3.8, 4) is 0 Å². The third kappa shape index (κ3) is 5.01. The van der Waals surface area contributed by atoms with Gasteiger partial charge in [-0.25, -0.2) is 0 Å². The highest BCUT2D eigenvalue weighted by Gasteiger charge is 2.25. The van der Waals surface area contributed by atoms with Crippen molar-refractivity contribution in [1.29, 1.82) is 0 Å². The molecule has 0 aliphatic carbocycles. The number of carbonyl (C=O) groups is 2. The molecule has 1 aliphatic rings. The summed E-state index contributed by atoms with van der Waals surface area (Å²) in [6.07, 6.45) is 1.98. The Morgan fingerprint density at radius 3 is 2.83 bits per heavy atom. The predicted octanol–water partition coefficient (Wildman–Crippen LogP) is -0.177. The molecule has 1 aliphatic heterocycles. The highest BCUT2D eigenvalue weighted by Crippen LogP contribution is 2.06. The summed E-state index contributed by atoms with van der Waals surface area (Å²) < 4.78 is 9.87. The van der Waals surface area contributed by atoms with Gasteiger partial charge in [0.05, 0.1) is 32.2 Å². The topological polar surface area (TPSA) is 76.7 Å². The Morgan fingerprint density at radius 2 is 2.28 bits per heavy atom. The second-order valence-electron chi connectivity index (χ2n) is 4.29. The SMILES string of the molecule is CCOCC(CC(=O)OC)NC(=O)[C@@H]1CCCN1. The lowest BCUT2D eigenvalue weighted by Crippen LogP contribution is -2.47. The minimum atomic E-state index is -0.348. The average Bonchev–Trinajstić information content (AvgIpc) is 2.89. The van der Waals surface area contributed by atoms with Crippen LogP contribution in [0.4, 0.5) is 0 Å². The van der Waals surface area contributed by atoms with Gasteiger partial charge < -0.3 is 20.1 Å². The summed E-state index contributed by atoms with van der Waals surface area (Å²) in [4.78, 5) is 23.2. The molecule has 1 heterocycles. The smallest absolute Gasteiger partial charge is 0.307 e. The molecule has 18 heavy (non-hydrogen) atoms. The van der Waals surface area contributed by atoms with Gasteiger partial charge >= 0.3 is 5.97 Å². The molecule has 0 aromatic rings. The van der Waals surface area contributed by atoms with Crippen molar-refractivity contribution in [1.82, 2.24) is 10.6 Å². The molecule has 6 nitrogen and oxygen atoms in total. The molecule has 0 spiro atoms. The fourth-order valence-corrected chi connectivity index (χ4v) is 1.91. The van der Waals surface area contributed by atoms with Crippen LogP contribution in [-0.2, 0) is 19.1 Å². The van der Waals surface area contributed by atoms with Crippen LogP contribution in [0.15, 0.2) is 0 Å². The summed E-state index contributed by atoms with van der Waals surface area (Å²) in [7, 11) is 1.33. The second-order valence-corrected chi connectivity index (χ2v) is 4.29. The van der Waals surface area contributed by atoms with Gasteiger partial charge in [0.25, 0.3) is 0 Å². The Labute approximate surface area is 107 Å². The van der Waals surface area contributed by atoms with Crippen LogP contribution in [-0.4, -0.2) is 50.8 Å². The van der Waals surface area contributed by atoms with Crippen LogP contribution >= 0.6 is 0 Å². The Hall–Kier alpha value is -1.14. The molecule has 0 aromatic heterocycles. The highest BCUT2D eigenvalue weighted by atomic mass is 16.5. The van der Waals surface area contributed by atoms with Gasteiger partial charge in [-0.1, -0.05) is 0 Å². The Bertz CT molecular complexity index is 277. The van der Waals surface area contributed by atoms with E-state index in [0.29, 0.717) is 13.2 Å². The summed E-state index contributed by atoms with van der Waals surface area (Å²) in [5.41, 5.74) is 0. The van der Waals surface area contributed by atoms with E-state index in [9.17, 15) is 9.59 Å². The van der Waals surface area contributed by atoms with E-state index in [4.69, 9.17) is 4.74 Å². The standard InChI is InChI=1S/C12H22N2O4/c1-3-18-8-9(7-11(15)17-2)14-12(16)10-5-4-6-13-10/h9-10,13H,3-8H2,1-2H3,(H,14,16)/t9?,10-/m0/s1. The van der Waals surface area contributed by atoms with Crippen LogP contribution in [0.5, 0.6) is 0 Å². The lowest BCUT2D eigenvalue weighted by Gasteiger charge is -2.19. The summed E-state index contributed by atoms with van der Waals surface area (Å²) in [5.74, 6) is -0.416. The van der Waals surface area contributed by atoms with E-state index in [1.807, 2.05) is 6.92 Å². The lowest BCUT2D eigenvalue weighted by atomic mass is 10.1. The number of nitrogens with one attached hydrogen (secondary N) is 2. The molecule has 6 heteroatoms. The summed E-state index contributed by atoms with van der Waals surface area (Å²) in [5, 5.41) is 5.95. The first-order chi connectivity index (χ1) is 8.67. The van der Waals surface area contributed by atoms with E-state index in [1.165, 1.54) is 7.11 Å². The predicted molar refractivity (Wildman–Crippen MR) is 66.1 cm³/mol. The van der Waals surface area contributed by atoms with E-state index < -0.39 is 0 Å². The fraction of sp³-hybridized carbons (Fsp3) is 0.833. The van der Waals surface area contributed by atoms with Gasteiger partial charge in [-0.3, -0.25) is 9.59 Å². The number of carbonyl (C=O) groups excluding carboxylic acids is 2. The number of ether oxygens (including phenoxy) is 2. The van der Waals surface area contributed by atoms with Crippen molar-refractivity contribution in [3.05, 3.63) is 0 Å². The van der Waals surface area contributed by atoms with Gasteiger partial charge in [-0.15, -0.1) is 0 Å². The monoisotopic (exact) mass is 258 g/mol. The van der Waals surface area contributed by atoms with E-state index >= 15 is 0 Å². The van der Waals surface area contributed by atoms with Gasteiger partial charge in [-0.05, 0) is 26.3 Å². The summed E-state index contributed by atoms with van der Waals surface area (Å²) >= 11 is 0. The quantitative estimate of drug-likeness (QED) is 0.620. The van der Waals surface area contributed by atoms with Crippen LogP contribution in [0.1, 0.15) is 26.2 Å². The molecule has 0 bridgehead atoms. The van der Waals surface area contributed by atoms with Crippen molar-refractivity contribution in [3.63, 3.8) is 0 Å². The van der Waals surface area contributed by atoms with Crippen molar-refractivity contribution in [2.75, 3.05) is 26.9 Å². The second kappa shape index (κ2) is 8.05. The molecule has 1 amide bonds. The van der Waals surface area contributed by atoms with Crippen molar-refractivity contribution < 1.29 is 19.1 Å². The largest absolute Gasteiger partial charge is 0.469 e. The van der Waals surface area contributed by atoms with Crippen LogP contribution < -0.4 is 10.6 Å². The number of amides is 1. The Balaban J connectivity index is 2.42.